The molecule has 0 bridgehead atoms. The van der Waals surface area contributed by atoms with Crippen molar-refractivity contribution in [3.63, 3.8) is 0 Å². The second-order valence-corrected chi connectivity index (χ2v) is 8.57. The van der Waals surface area contributed by atoms with Crippen LogP contribution in [0.25, 0.3) is 0 Å². The van der Waals surface area contributed by atoms with Crippen molar-refractivity contribution in [3.8, 4) is 5.75 Å². The lowest BCUT2D eigenvalue weighted by atomic mass is 9.87. The summed E-state index contributed by atoms with van der Waals surface area (Å²) < 4.78 is 34.5. The number of hydrogen-bond donors (Lipinski definition) is 3. The van der Waals surface area contributed by atoms with E-state index in [2.05, 4.69) is 10.6 Å². The molecule has 0 unspecified atom stereocenters. The first-order valence-electron chi connectivity index (χ1n) is 10.9. The molecule has 0 saturated heterocycles. The zero-order valence-corrected chi connectivity index (χ0v) is 19.3. The third kappa shape index (κ3) is 6.44. The first kappa shape index (κ1) is 25.4. The number of nitrogens with one attached hydrogen (secondary N) is 2. The predicted octanol–water partition coefficient (Wildman–Crippen LogP) is 4.11. The molecule has 3 N–H and O–H groups in total. The zero-order valence-electron chi connectivity index (χ0n) is 18.5. The maximum absolute atomic E-state index is 14.5. The largest absolute Gasteiger partial charge is 0.490 e. The van der Waals surface area contributed by atoms with Gasteiger partial charge in [0.2, 0.25) is 0 Å². The maximum atomic E-state index is 14.5. The SMILES string of the molecule is Cc1cc(C(=O)NCCNC(=O)c2c(F)cc(O[C@H]3CC[C@@H](C(=O)O)CC3)cc2F)ccc1Cl. The highest BCUT2D eigenvalue weighted by Gasteiger charge is 2.27. The van der Waals surface area contributed by atoms with E-state index in [0.29, 0.717) is 36.3 Å². The first-order valence-corrected chi connectivity index (χ1v) is 11.2. The van der Waals surface area contributed by atoms with Gasteiger partial charge in [0, 0.05) is 35.8 Å². The molecule has 2 aromatic rings. The van der Waals surface area contributed by atoms with Gasteiger partial charge in [-0.25, -0.2) is 8.78 Å². The number of rotatable bonds is 8. The van der Waals surface area contributed by atoms with Crippen LogP contribution in [0.15, 0.2) is 30.3 Å². The number of amides is 2. The van der Waals surface area contributed by atoms with Gasteiger partial charge in [-0.1, -0.05) is 11.6 Å². The zero-order chi connectivity index (χ0) is 24.8. The summed E-state index contributed by atoms with van der Waals surface area (Å²) in [5.41, 5.74) is 0.396. The van der Waals surface area contributed by atoms with Crippen molar-refractivity contribution < 1.29 is 33.0 Å². The summed E-state index contributed by atoms with van der Waals surface area (Å²) in [6, 6.07) is 6.67. The molecule has 0 radical (unpaired) electrons. The van der Waals surface area contributed by atoms with Gasteiger partial charge in [0.1, 0.15) is 22.9 Å². The molecule has 2 aromatic carbocycles. The maximum Gasteiger partial charge on any atom is 0.306 e. The van der Waals surface area contributed by atoms with Crippen LogP contribution in [0, 0.1) is 24.5 Å². The molecule has 7 nitrogen and oxygen atoms in total. The minimum absolute atomic E-state index is 0.0406. The Kier molecular flexibility index (Phi) is 8.44. The van der Waals surface area contributed by atoms with Crippen molar-refractivity contribution >= 4 is 29.4 Å². The van der Waals surface area contributed by atoms with E-state index in [1.165, 1.54) is 0 Å². The normalized spacial score (nSPS) is 17.6. The number of carbonyl (C=O) groups excluding carboxylic acids is 2. The highest BCUT2D eigenvalue weighted by molar-refractivity contribution is 6.31. The number of ether oxygens (including phenoxy) is 1. The highest BCUT2D eigenvalue weighted by Crippen LogP contribution is 2.29. The Bertz CT molecular complexity index is 1060. The Morgan fingerprint density at radius 2 is 1.59 bits per heavy atom. The fraction of sp³-hybridized carbons (Fsp3) is 0.375. The monoisotopic (exact) mass is 494 g/mol. The minimum Gasteiger partial charge on any atom is -0.490 e. The number of hydrogen-bond acceptors (Lipinski definition) is 4. The molecule has 34 heavy (non-hydrogen) atoms. The molecule has 0 atom stereocenters. The van der Waals surface area contributed by atoms with Crippen LogP contribution >= 0.6 is 11.6 Å². The molecule has 1 aliphatic rings. The molecular weight excluding hydrogens is 470 g/mol. The first-order chi connectivity index (χ1) is 16.2. The van der Waals surface area contributed by atoms with Crippen LogP contribution in [-0.2, 0) is 4.79 Å². The Balaban J connectivity index is 1.50. The molecule has 1 fully saturated rings. The van der Waals surface area contributed by atoms with Crippen LogP contribution in [0.4, 0.5) is 8.78 Å². The lowest BCUT2D eigenvalue weighted by molar-refractivity contribution is -0.143. The summed E-state index contributed by atoms with van der Waals surface area (Å²) >= 11 is 5.94. The van der Waals surface area contributed by atoms with Crippen molar-refractivity contribution in [3.05, 3.63) is 63.7 Å². The quantitative estimate of drug-likeness (QED) is 0.479. The van der Waals surface area contributed by atoms with E-state index >= 15 is 0 Å². The fourth-order valence-corrected chi connectivity index (χ4v) is 3.90. The molecule has 0 aromatic heterocycles. The van der Waals surface area contributed by atoms with Crippen LogP contribution in [0.1, 0.15) is 52.0 Å². The molecule has 1 aliphatic carbocycles. The van der Waals surface area contributed by atoms with Crippen LogP contribution in [0.5, 0.6) is 5.75 Å². The lowest BCUT2D eigenvalue weighted by Crippen LogP contribution is -2.35. The van der Waals surface area contributed by atoms with E-state index in [-0.39, 0.29) is 30.9 Å². The molecular formula is C24H25ClF2N2O5. The fourth-order valence-electron chi connectivity index (χ4n) is 3.78. The molecule has 2 amide bonds. The summed E-state index contributed by atoms with van der Waals surface area (Å²) in [6.07, 6.45) is 1.44. The summed E-state index contributed by atoms with van der Waals surface area (Å²) in [4.78, 5) is 35.4. The van der Waals surface area contributed by atoms with Gasteiger partial charge in [0.25, 0.3) is 11.8 Å². The highest BCUT2D eigenvalue weighted by atomic mass is 35.5. The predicted molar refractivity (Wildman–Crippen MR) is 121 cm³/mol. The van der Waals surface area contributed by atoms with Gasteiger partial charge in [-0.3, -0.25) is 14.4 Å². The van der Waals surface area contributed by atoms with Crippen molar-refractivity contribution in [2.75, 3.05) is 13.1 Å². The van der Waals surface area contributed by atoms with E-state index in [4.69, 9.17) is 21.4 Å². The molecule has 1 saturated carbocycles. The van der Waals surface area contributed by atoms with Gasteiger partial charge in [-0.05, 0) is 56.4 Å². The van der Waals surface area contributed by atoms with Crippen LogP contribution in [-0.4, -0.2) is 42.1 Å². The number of benzene rings is 2. The average Bonchev–Trinajstić information content (AvgIpc) is 2.78. The summed E-state index contributed by atoms with van der Waals surface area (Å²) in [5.74, 6) is -4.83. The van der Waals surface area contributed by atoms with Crippen LogP contribution in [0.2, 0.25) is 5.02 Å². The standard InChI is InChI=1S/C24H25ClF2N2O5/c1-13-10-15(4-7-18(13)25)22(30)28-8-9-29-23(31)21-19(26)11-17(12-20(21)27)34-16-5-2-14(3-6-16)24(32)33/h4,7,10-12,14,16H,2-3,5-6,8-9H2,1H3,(H,28,30)(H,29,31)(H,32,33)/t14-,16+. The molecule has 182 valence electrons. The van der Waals surface area contributed by atoms with Gasteiger partial charge < -0.3 is 20.5 Å². The Hall–Kier alpha value is -3.20. The van der Waals surface area contributed by atoms with E-state index in [1.54, 1.807) is 25.1 Å². The third-order valence-electron chi connectivity index (χ3n) is 5.69. The van der Waals surface area contributed by atoms with E-state index < -0.39 is 35.0 Å². The Morgan fingerprint density at radius 3 is 2.15 bits per heavy atom. The number of carboxylic acids is 1. The van der Waals surface area contributed by atoms with E-state index in [9.17, 15) is 23.2 Å². The van der Waals surface area contributed by atoms with E-state index in [0.717, 1.165) is 17.7 Å². The van der Waals surface area contributed by atoms with Crippen molar-refractivity contribution in [2.24, 2.45) is 5.92 Å². The van der Waals surface area contributed by atoms with Gasteiger partial charge in [-0.15, -0.1) is 0 Å². The second-order valence-electron chi connectivity index (χ2n) is 8.17. The van der Waals surface area contributed by atoms with Gasteiger partial charge in [0.05, 0.1) is 12.0 Å². The minimum atomic E-state index is -1.08. The second kappa shape index (κ2) is 11.3. The Morgan fingerprint density at radius 1 is 1.00 bits per heavy atom. The van der Waals surface area contributed by atoms with Gasteiger partial charge >= 0.3 is 5.97 Å². The number of aliphatic carboxylic acids is 1. The van der Waals surface area contributed by atoms with E-state index in [1.807, 2.05) is 0 Å². The van der Waals surface area contributed by atoms with Crippen molar-refractivity contribution in [2.45, 2.75) is 38.7 Å². The molecule has 10 heteroatoms. The van der Waals surface area contributed by atoms with Crippen molar-refractivity contribution in [1.29, 1.82) is 0 Å². The molecule has 0 heterocycles. The molecule has 0 aliphatic heterocycles. The molecule has 0 spiro atoms. The van der Waals surface area contributed by atoms with Crippen LogP contribution in [0.3, 0.4) is 0 Å². The summed E-state index contributed by atoms with van der Waals surface area (Å²) in [6.45, 7) is 1.78. The number of aryl methyl sites for hydroxylation is 1. The number of carbonyl (C=O) groups is 3. The smallest absolute Gasteiger partial charge is 0.306 e. The summed E-state index contributed by atoms with van der Waals surface area (Å²) in [7, 11) is 0. The van der Waals surface area contributed by atoms with Crippen LogP contribution < -0.4 is 15.4 Å². The summed E-state index contributed by atoms with van der Waals surface area (Å²) in [5, 5.41) is 14.6. The van der Waals surface area contributed by atoms with Gasteiger partial charge in [-0.2, -0.15) is 0 Å². The lowest BCUT2D eigenvalue weighted by Gasteiger charge is -2.26. The Labute approximate surface area is 200 Å². The third-order valence-corrected chi connectivity index (χ3v) is 6.11. The number of carboxylic acid groups (broad SMARTS) is 1. The van der Waals surface area contributed by atoms with Gasteiger partial charge in [0.15, 0.2) is 0 Å². The van der Waals surface area contributed by atoms with Crippen molar-refractivity contribution in [1.82, 2.24) is 10.6 Å². The number of halogens is 3. The molecule has 3 rings (SSSR count). The topological polar surface area (TPSA) is 105 Å². The average molecular weight is 495 g/mol.